The van der Waals surface area contributed by atoms with Crippen LogP contribution in [0.3, 0.4) is 0 Å². The van der Waals surface area contributed by atoms with Gasteiger partial charge in [0, 0.05) is 6.04 Å². The molecule has 0 aliphatic heterocycles. The Balaban J connectivity index is 2.58. The second-order valence-corrected chi connectivity index (χ2v) is 5.06. The molecule has 3 atom stereocenters. The van der Waals surface area contributed by atoms with E-state index in [2.05, 4.69) is 5.32 Å². The SMILES string of the molecule is CC(CC(F)(F)F)NC(=O)[C@@H]1CCCC[C@@H]1C(=O)O. The highest BCUT2D eigenvalue weighted by Gasteiger charge is 2.37. The van der Waals surface area contributed by atoms with Gasteiger partial charge in [-0.2, -0.15) is 13.2 Å². The van der Waals surface area contributed by atoms with Gasteiger partial charge < -0.3 is 10.4 Å². The van der Waals surface area contributed by atoms with E-state index in [1.165, 1.54) is 6.92 Å². The Hall–Kier alpha value is -1.27. The minimum Gasteiger partial charge on any atom is -0.481 e. The van der Waals surface area contributed by atoms with Crippen molar-refractivity contribution in [3.8, 4) is 0 Å². The molecule has 0 heterocycles. The summed E-state index contributed by atoms with van der Waals surface area (Å²) in [6.07, 6.45) is -3.16. The van der Waals surface area contributed by atoms with Crippen molar-refractivity contribution in [1.29, 1.82) is 0 Å². The number of aliphatic carboxylic acids is 1. The number of carbonyl (C=O) groups is 2. The predicted molar refractivity (Wildman–Crippen MR) is 61.4 cm³/mol. The van der Waals surface area contributed by atoms with E-state index in [1.807, 2.05) is 0 Å². The normalized spacial score (nSPS) is 25.7. The lowest BCUT2D eigenvalue weighted by Gasteiger charge is -2.28. The average molecular weight is 281 g/mol. The van der Waals surface area contributed by atoms with Crippen LogP contribution in [0.2, 0.25) is 0 Å². The number of rotatable bonds is 4. The molecular weight excluding hydrogens is 263 g/mol. The molecule has 0 aromatic rings. The zero-order valence-electron chi connectivity index (χ0n) is 10.7. The molecule has 0 aromatic carbocycles. The van der Waals surface area contributed by atoms with Crippen molar-refractivity contribution in [1.82, 2.24) is 5.32 Å². The van der Waals surface area contributed by atoms with Gasteiger partial charge in [0.05, 0.1) is 18.3 Å². The summed E-state index contributed by atoms with van der Waals surface area (Å²) in [6, 6.07) is -1.04. The van der Waals surface area contributed by atoms with E-state index >= 15 is 0 Å². The Morgan fingerprint density at radius 3 is 2.26 bits per heavy atom. The topological polar surface area (TPSA) is 66.4 Å². The number of alkyl halides is 3. The second kappa shape index (κ2) is 6.25. The van der Waals surface area contributed by atoms with Crippen LogP contribution < -0.4 is 5.32 Å². The molecule has 1 aliphatic rings. The number of hydrogen-bond donors (Lipinski definition) is 2. The highest BCUT2D eigenvalue weighted by Crippen LogP contribution is 2.31. The Morgan fingerprint density at radius 1 is 1.26 bits per heavy atom. The molecule has 7 heteroatoms. The fourth-order valence-electron chi connectivity index (χ4n) is 2.49. The van der Waals surface area contributed by atoms with E-state index in [4.69, 9.17) is 5.11 Å². The van der Waals surface area contributed by atoms with Crippen LogP contribution in [0.1, 0.15) is 39.0 Å². The highest BCUT2D eigenvalue weighted by molar-refractivity contribution is 5.85. The summed E-state index contributed by atoms with van der Waals surface area (Å²) >= 11 is 0. The van der Waals surface area contributed by atoms with Crippen LogP contribution in [0.5, 0.6) is 0 Å². The van der Waals surface area contributed by atoms with Gasteiger partial charge in [-0.3, -0.25) is 9.59 Å². The lowest BCUT2D eigenvalue weighted by atomic mass is 9.78. The minimum atomic E-state index is -4.34. The van der Waals surface area contributed by atoms with Crippen molar-refractivity contribution in [3.63, 3.8) is 0 Å². The van der Waals surface area contributed by atoms with Crippen LogP contribution in [-0.4, -0.2) is 29.2 Å². The number of halogens is 3. The lowest BCUT2D eigenvalue weighted by molar-refractivity contribution is -0.151. The van der Waals surface area contributed by atoms with Gasteiger partial charge in [0.2, 0.25) is 5.91 Å². The van der Waals surface area contributed by atoms with E-state index in [-0.39, 0.29) is 0 Å². The third kappa shape index (κ3) is 5.08. The molecule has 4 nitrogen and oxygen atoms in total. The molecule has 19 heavy (non-hydrogen) atoms. The van der Waals surface area contributed by atoms with Crippen LogP contribution in [0.25, 0.3) is 0 Å². The Morgan fingerprint density at radius 2 is 1.79 bits per heavy atom. The zero-order valence-corrected chi connectivity index (χ0v) is 10.7. The molecule has 1 fully saturated rings. The van der Waals surface area contributed by atoms with Crippen molar-refractivity contribution in [2.75, 3.05) is 0 Å². The van der Waals surface area contributed by atoms with Crippen molar-refractivity contribution in [2.45, 2.75) is 51.2 Å². The fraction of sp³-hybridized carbons (Fsp3) is 0.833. The van der Waals surface area contributed by atoms with Crippen LogP contribution in [0.4, 0.5) is 13.2 Å². The monoisotopic (exact) mass is 281 g/mol. The van der Waals surface area contributed by atoms with Gasteiger partial charge in [-0.05, 0) is 19.8 Å². The Kier molecular flexibility index (Phi) is 5.20. The lowest BCUT2D eigenvalue weighted by Crippen LogP contribution is -2.44. The van der Waals surface area contributed by atoms with Gasteiger partial charge in [-0.15, -0.1) is 0 Å². The quantitative estimate of drug-likeness (QED) is 0.831. The molecule has 1 saturated carbocycles. The molecule has 0 radical (unpaired) electrons. The summed E-state index contributed by atoms with van der Waals surface area (Å²) in [5, 5.41) is 11.3. The summed E-state index contributed by atoms with van der Waals surface area (Å²) in [6.45, 7) is 1.27. The average Bonchev–Trinajstić information content (AvgIpc) is 2.26. The Labute approximate surface area is 109 Å². The molecule has 0 bridgehead atoms. The van der Waals surface area contributed by atoms with Crippen molar-refractivity contribution < 1.29 is 27.9 Å². The van der Waals surface area contributed by atoms with Crippen LogP contribution in [0, 0.1) is 11.8 Å². The smallest absolute Gasteiger partial charge is 0.391 e. The van der Waals surface area contributed by atoms with E-state index in [9.17, 15) is 22.8 Å². The summed E-state index contributed by atoms with van der Waals surface area (Å²) in [5.74, 6) is -3.14. The first-order valence-corrected chi connectivity index (χ1v) is 6.30. The summed E-state index contributed by atoms with van der Waals surface area (Å²) in [5.41, 5.74) is 0. The van der Waals surface area contributed by atoms with Gasteiger partial charge in [0.1, 0.15) is 0 Å². The van der Waals surface area contributed by atoms with E-state index < -0.39 is 42.4 Å². The number of carboxylic acids is 1. The molecule has 0 aromatic heterocycles. The number of amides is 1. The molecule has 110 valence electrons. The molecule has 2 N–H and O–H groups in total. The first kappa shape index (κ1) is 15.8. The Bertz CT molecular complexity index is 344. The zero-order chi connectivity index (χ0) is 14.6. The molecule has 1 amide bonds. The van der Waals surface area contributed by atoms with Crippen LogP contribution in [0.15, 0.2) is 0 Å². The maximum atomic E-state index is 12.2. The van der Waals surface area contributed by atoms with Crippen molar-refractivity contribution in [3.05, 3.63) is 0 Å². The molecule has 0 saturated heterocycles. The third-order valence-corrected chi connectivity index (χ3v) is 3.35. The first-order chi connectivity index (χ1) is 8.70. The van der Waals surface area contributed by atoms with E-state index in [1.54, 1.807) is 0 Å². The maximum absolute atomic E-state index is 12.2. The molecule has 1 rings (SSSR count). The minimum absolute atomic E-state index is 0.404. The van der Waals surface area contributed by atoms with Gasteiger partial charge in [0.25, 0.3) is 0 Å². The van der Waals surface area contributed by atoms with Crippen LogP contribution in [-0.2, 0) is 9.59 Å². The number of nitrogens with one attached hydrogen (secondary N) is 1. The molecule has 0 spiro atoms. The highest BCUT2D eigenvalue weighted by atomic mass is 19.4. The number of hydrogen-bond acceptors (Lipinski definition) is 2. The number of carboxylic acid groups (broad SMARTS) is 1. The number of carbonyl (C=O) groups excluding carboxylic acids is 1. The predicted octanol–water partition coefficient (Wildman–Crippen LogP) is 2.33. The largest absolute Gasteiger partial charge is 0.481 e. The first-order valence-electron chi connectivity index (χ1n) is 6.30. The van der Waals surface area contributed by atoms with Gasteiger partial charge >= 0.3 is 12.1 Å². The summed E-state index contributed by atoms with van der Waals surface area (Å²) < 4.78 is 36.5. The van der Waals surface area contributed by atoms with Crippen molar-refractivity contribution in [2.24, 2.45) is 11.8 Å². The second-order valence-electron chi connectivity index (χ2n) is 5.06. The van der Waals surface area contributed by atoms with Gasteiger partial charge in [-0.1, -0.05) is 12.8 Å². The molecular formula is C12H18F3NO3. The molecule has 1 unspecified atom stereocenters. The van der Waals surface area contributed by atoms with Gasteiger partial charge in [-0.25, -0.2) is 0 Å². The van der Waals surface area contributed by atoms with Gasteiger partial charge in [0.15, 0.2) is 0 Å². The fourth-order valence-corrected chi connectivity index (χ4v) is 2.49. The summed E-state index contributed by atoms with van der Waals surface area (Å²) in [4.78, 5) is 22.9. The van der Waals surface area contributed by atoms with E-state index in [0.717, 1.165) is 12.8 Å². The van der Waals surface area contributed by atoms with Crippen molar-refractivity contribution >= 4 is 11.9 Å². The molecule has 1 aliphatic carbocycles. The van der Waals surface area contributed by atoms with Crippen LogP contribution >= 0.6 is 0 Å². The third-order valence-electron chi connectivity index (χ3n) is 3.35. The van der Waals surface area contributed by atoms with E-state index in [0.29, 0.717) is 12.8 Å². The maximum Gasteiger partial charge on any atom is 0.391 e. The standard InChI is InChI=1S/C12H18F3NO3/c1-7(6-12(13,14)15)16-10(17)8-4-2-3-5-9(8)11(18)19/h7-9H,2-6H2,1H3,(H,16,17)(H,18,19)/t7?,8-,9+/m1/s1. The summed E-state index contributed by atoms with van der Waals surface area (Å²) in [7, 11) is 0.